The van der Waals surface area contributed by atoms with Crippen LogP contribution >= 0.6 is 0 Å². The first-order chi connectivity index (χ1) is 18.3. The number of aryl methyl sites for hydroxylation is 2. The summed E-state index contributed by atoms with van der Waals surface area (Å²) in [6.07, 6.45) is 11.4. The molecular formula is C29H40N4O4S. The van der Waals surface area contributed by atoms with E-state index >= 15 is 0 Å². The second-order valence-corrected chi connectivity index (χ2v) is 12.9. The van der Waals surface area contributed by atoms with Crippen molar-refractivity contribution in [3.05, 3.63) is 46.8 Å². The molecular weight excluding hydrogens is 500 g/mol. The van der Waals surface area contributed by atoms with Gasteiger partial charge in [-0.1, -0.05) is 60.3 Å². The standard InChI is InChI=1S/C29H40N4O4S/c1-22-10-12-24(13-11-22)14-15-27-28(23(2)30-37-27)38(35,36)33-16-6-7-25(21-33)29(34)32-19-17-31(18-20-32)26-8-4-3-5-9-26/h10-15,25-26H,3-9,16-21H2,1-2H3/b15-14+/t25-/m1/s1. The van der Waals surface area contributed by atoms with Gasteiger partial charge in [0.2, 0.25) is 15.9 Å². The average Bonchev–Trinajstić information content (AvgIpc) is 3.34. The van der Waals surface area contributed by atoms with Crippen LogP contribution in [0, 0.1) is 19.8 Å². The highest BCUT2D eigenvalue weighted by molar-refractivity contribution is 7.89. The predicted octanol–water partition coefficient (Wildman–Crippen LogP) is 4.34. The smallest absolute Gasteiger partial charge is 0.248 e. The number of sulfonamides is 1. The third-order valence-electron chi connectivity index (χ3n) is 8.39. The van der Waals surface area contributed by atoms with Crippen molar-refractivity contribution in [3.8, 4) is 0 Å². The SMILES string of the molecule is Cc1ccc(/C=C/c2onc(C)c2S(=O)(=O)N2CCC[C@@H](C(=O)N3CCN(C4CCCCC4)CC3)C2)cc1. The molecule has 1 amide bonds. The van der Waals surface area contributed by atoms with Gasteiger partial charge < -0.3 is 9.42 Å². The van der Waals surface area contributed by atoms with Crippen molar-refractivity contribution in [3.63, 3.8) is 0 Å². The number of hydrogen-bond acceptors (Lipinski definition) is 6. The fourth-order valence-electron chi connectivity index (χ4n) is 6.15. The van der Waals surface area contributed by atoms with E-state index in [1.54, 1.807) is 13.0 Å². The minimum Gasteiger partial charge on any atom is -0.355 e. The number of rotatable bonds is 6. The number of piperazine rings is 1. The van der Waals surface area contributed by atoms with E-state index in [1.165, 1.54) is 36.4 Å². The molecule has 0 N–H and O–H groups in total. The van der Waals surface area contributed by atoms with Crippen LogP contribution in [0.15, 0.2) is 33.7 Å². The molecule has 1 aliphatic carbocycles. The maximum atomic E-state index is 13.8. The summed E-state index contributed by atoms with van der Waals surface area (Å²) < 4.78 is 34.4. The highest BCUT2D eigenvalue weighted by atomic mass is 32.2. The number of amides is 1. The third-order valence-corrected chi connectivity index (χ3v) is 10.4. The third kappa shape index (κ3) is 5.90. The number of carbonyl (C=O) groups excluding carboxylic acids is 1. The molecule has 3 fully saturated rings. The van der Waals surface area contributed by atoms with Crippen molar-refractivity contribution < 1.29 is 17.7 Å². The summed E-state index contributed by atoms with van der Waals surface area (Å²) in [5.41, 5.74) is 2.43. The summed E-state index contributed by atoms with van der Waals surface area (Å²) >= 11 is 0. The normalized spacial score (nSPS) is 22.8. The molecule has 0 unspecified atom stereocenters. The first-order valence-electron chi connectivity index (χ1n) is 14.1. The van der Waals surface area contributed by atoms with Gasteiger partial charge >= 0.3 is 0 Å². The summed E-state index contributed by atoms with van der Waals surface area (Å²) in [5.74, 6) is -0.00319. The Kier molecular flexibility index (Phi) is 8.35. The van der Waals surface area contributed by atoms with Crippen LogP contribution in [0.5, 0.6) is 0 Å². The first kappa shape index (κ1) is 27.1. The number of aromatic nitrogens is 1. The van der Waals surface area contributed by atoms with Gasteiger partial charge in [-0.25, -0.2) is 8.42 Å². The summed E-state index contributed by atoms with van der Waals surface area (Å²) in [7, 11) is -3.86. The summed E-state index contributed by atoms with van der Waals surface area (Å²) in [4.78, 5) is 18.1. The molecule has 1 atom stereocenters. The van der Waals surface area contributed by atoms with E-state index in [1.807, 2.05) is 42.2 Å². The van der Waals surface area contributed by atoms with E-state index in [0.717, 1.165) is 43.7 Å². The summed E-state index contributed by atoms with van der Waals surface area (Å²) in [6.45, 7) is 7.57. The molecule has 1 aromatic carbocycles. The van der Waals surface area contributed by atoms with E-state index in [9.17, 15) is 13.2 Å². The Morgan fingerprint density at radius 3 is 2.34 bits per heavy atom. The monoisotopic (exact) mass is 540 g/mol. The number of nitrogens with zero attached hydrogens (tertiary/aromatic N) is 4. The van der Waals surface area contributed by atoms with Crippen molar-refractivity contribution in [1.82, 2.24) is 19.3 Å². The molecule has 1 aromatic heterocycles. The highest BCUT2D eigenvalue weighted by Crippen LogP contribution is 2.30. The molecule has 2 aromatic rings. The van der Waals surface area contributed by atoms with Gasteiger partial charge in [-0.05, 0) is 51.2 Å². The van der Waals surface area contributed by atoms with Crippen molar-refractivity contribution in [2.45, 2.75) is 69.7 Å². The molecule has 0 radical (unpaired) electrons. The van der Waals surface area contributed by atoms with Crippen LogP contribution in [0.4, 0.5) is 0 Å². The fraction of sp³-hybridized carbons (Fsp3) is 0.586. The fourth-order valence-corrected chi connectivity index (χ4v) is 7.93. The molecule has 1 saturated carbocycles. The van der Waals surface area contributed by atoms with Gasteiger partial charge in [-0.2, -0.15) is 4.31 Å². The van der Waals surface area contributed by atoms with Crippen molar-refractivity contribution in [2.24, 2.45) is 5.92 Å². The van der Waals surface area contributed by atoms with E-state index in [0.29, 0.717) is 24.7 Å². The van der Waals surface area contributed by atoms with Gasteiger partial charge in [0.05, 0.1) is 5.92 Å². The van der Waals surface area contributed by atoms with Crippen LogP contribution in [0.25, 0.3) is 12.2 Å². The van der Waals surface area contributed by atoms with Crippen LogP contribution in [0.3, 0.4) is 0 Å². The van der Waals surface area contributed by atoms with Gasteiger partial charge in [0.1, 0.15) is 5.69 Å². The minimum atomic E-state index is -3.86. The Labute approximate surface area is 226 Å². The average molecular weight is 541 g/mol. The Bertz CT molecular complexity index is 1240. The van der Waals surface area contributed by atoms with Crippen LogP contribution in [-0.2, 0) is 14.8 Å². The van der Waals surface area contributed by atoms with Crippen LogP contribution in [0.2, 0.25) is 0 Å². The molecule has 3 heterocycles. The Morgan fingerprint density at radius 2 is 1.63 bits per heavy atom. The Morgan fingerprint density at radius 1 is 0.921 bits per heavy atom. The lowest BCUT2D eigenvalue weighted by atomic mass is 9.93. The molecule has 2 saturated heterocycles. The summed E-state index contributed by atoms with van der Waals surface area (Å²) in [5, 5.41) is 3.97. The number of benzene rings is 1. The maximum absolute atomic E-state index is 13.8. The molecule has 206 valence electrons. The highest BCUT2D eigenvalue weighted by Gasteiger charge is 2.38. The van der Waals surface area contributed by atoms with Crippen molar-refractivity contribution in [2.75, 3.05) is 39.3 Å². The first-order valence-corrected chi connectivity index (χ1v) is 15.5. The maximum Gasteiger partial charge on any atom is 0.248 e. The molecule has 0 bridgehead atoms. The second kappa shape index (κ2) is 11.7. The number of carbonyl (C=O) groups is 1. The second-order valence-electron chi connectivity index (χ2n) is 11.1. The van der Waals surface area contributed by atoms with E-state index in [4.69, 9.17) is 4.52 Å². The van der Waals surface area contributed by atoms with Gasteiger partial charge in [0, 0.05) is 45.3 Å². The Hall–Kier alpha value is -2.49. The Balaban J connectivity index is 1.25. The minimum absolute atomic E-state index is 0.0923. The van der Waals surface area contributed by atoms with Gasteiger partial charge in [-0.15, -0.1) is 0 Å². The van der Waals surface area contributed by atoms with Gasteiger partial charge in [-0.3, -0.25) is 9.69 Å². The zero-order valence-electron chi connectivity index (χ0n) is 22.6. The molecule has 8 nitrogen and oxygen atoms in total. The summed E-state index contributed by atoms with van der Waals surface area (Å²) in [6, 6.07) is 8.61. The number of piperidine rings is 1. The van der Waals surface area contributed by atoms with Crippen LogP contribution in [-0.4, -0.2) is 78.9 Å². The van der Waals surface area contributed by atoms with Crippen LogP contribution < -0.4 is 0 Å². The number of hydrogen-bond donors (Lipinski definition) is 0. The van der Waals surface area contributed by atoms with Crippen LogP contribution in [0.1, 0.15) is 67.5 Å². The zero-order chi connectivity index (χ0) is 26.7. The largest absolute Gasteiger partial charge is 0.355 e. The van der Waals surface area contributed by atoms with E-state index in [-0.39, 0.29) is 29.0 Å². The van der Waals surface area contributed by atoms with E-state index < -0.39 is 10.0 Å². The lowest BCUT2D eigenvalue weighted by Gasteiger charge is -2.42. The molecule has 38 heavy (non-hydrogen) atoms. The quantitative estimate of drug-likeness (QED) is 0.542. The molecule has 5 rings (SSSR count). The lowest BCUT2D eigenvalue weighted by Crippen LogP contribution is -2.55. The predicted molar refractivity (Wildman–Crippen MR) is 148 cm³/mol. The molecule has 0 spiro atoms. The van der Waals surface area contributed by atoms with E-state index in [2.05, 4.69) is 10.1 Å². The van der Waals surface area contributed by atoms with Gasteiger partial charge in [0.25, 0.3) is 0 Å². The van der Waals surface area contributed by atoms with Crippen molar-refractivity contribution >= 4 is 28.1 Å². The van der Waals surface area contributed by atoms with Crippen molar-refractivity contribution in [1.29, 1.82) is 0 Å². The molecule has 3 aliphatic rings. The zero-order valence-corrected chi connectivity index (χ0v) is 23.5. The molecule has 2 aliphatic heterocycles. The topological polar surface area (TPSA) is 87.0 Å². The molecule has 9 heteroatoms. The van der Waals surface area contributed by atoms with Gasteiger partial charge in [0.15, 0.2) is 10.7 Å². The lowest BCUT2D eigenvalue weighted by molar-refractivity contribution is -0.138.